The summed E-state index contributed by atoms with van der Waals surface area (Å²) in [5.41, 5.74) is 11.8. The second-order valence-corrected chi connectivity index (χ2v) is 17.1. The van der Waals surface area contributed by atoms with E-state index in [0.29, 0.717) is 17.5 Å². The molecule has 5 nitrogen and oxygen atoms in total. The summed E-state index contributed by atoms with van der Waals surface area (Å²) < 4.78 is 4.86. The smallest absolute Gasteiger partial charge is 0.166 e. The predicted octanol–water partition coefficient (Wildman–Crippen LogP) is 15.6. The van der Waals surface area contributed by atoms with Gasteiger partial charge in [-0.05, 0) is 86.6 Å². The molecule has 0 bridgehead atoms. The lowest BCUT2D eigenvalue weighted by molar-refractivity contribution is 1.07. The van der Waals surface area contributed by atoms with Gasteiger partial charge in [-0.2, -0.15) is 0 Å². The van der Waals surface area contributed by atoms with E-state index in [2.05, 4.69) is 209 Å². The van der Waals surface area contributed by atoms with Crippen LogP contribution in [0, 0.1) is 0 Å². The molecule has 5 heteroatoms. The van der Waals surface area contributed by atoms with E-state index in [1.165, 1.54) is 64.9 Å². The van der Waals surface area contributed by atoms with Crippen molar-refractivity contribution >= 4 is 75.9 Å². The largest absolute Gasteiger partial charge is 0.309 e. The van der Waals surface area contributed by atoms with Gasteiger partial charge in [0.25, 0.3) is 0 Å². The van der Waals surface area contributed by atoms with Gasteiger partial charge < -0.3 is 9.13 Å². The van der Waals surface area contributed by atoms with Crippen LogP contribution < -0.4 is 0 Å². The van der Waals surface area contributed by atoms with Crippen molar-refractivity contribution in [3.63, 3.8) is 0 Å². The molecule has 66 heavy (non-hydrogen) atoms. The third-order valence-corrected chi connectivity index (χ3v) is 13.5. The molecule has 0 atom stereocenters. The van der Waals surface area contributed by atoms with Crippen LogP contribution in [0.15, 0.2) is 224 Å². The molecular weight excluding hydrogens is 803 g/mol. The molecule has 0 saturated heterocycles. The highest BCUT2D eigenvalue weighted by atomic mass is 15.1. The van der Waals surface area contributed by atoms with Crippen LogP contribution >= 0.6 is 0 Å². The average Bonchev–Trinajstić information content (AvgIpc) is 3.91. The van der Waals surface area contributed by atoms with Gasteiger partial charge >= 0.3 is 0 Å². The molecule has 3 heterocycles. The van der Waals surface area contributed by atoms with Crippen LogP contribution in [0.4, 0.5) is 0 Å². The number of aromatic nitrogens is 5. The molecule has 0 amide bonds. The number of rotatable bonds is 6. The molecule has 306 valence electrons. The molecule has 3 aromatic heterocycles. The number of hydrogen-bond donors (Lipinski definition) is 0. The standard InChI is InChI=1S/C61H37N5/c1-4-16-38(17-5-1)39-28-30-41(31-29-39)60-62-59(40-18-6-2-7-19-40)63-61(64-60)50-34-33-49-46-24-12-13-26-48(46)55-45-23-11-10-20-42(45)36-54-57(55)56(49)58(50)66(54)44-32-35-53-51(37-44)47-25-14-15-27-52(47)65(53)43-21-8-3-9-22-43/h1-37H. The van der Waals surface area contributed by atoms with E-state index >= 15 is 0 Å². The van der Waals surface area contributed by atoms with E-state index in [4.69, 9.17) is 15.0 Å². The van der Waals surface area contributed by atoms with E-state index in [1.54, 1.807) is 0 Å². The van der Waals surface area contributed by atoms with Crippen molar-refractivity contribution in [2.24, 2.45) is 0 Å². The summed E-state index contributed by atoms with van der Waals surface area (Å²) >= 11 is 0. The number of nitrogens with zero attached hydrogens (tertiary/aromatic N) is 5. The number of hydrogen-bond acceptors (Lipinski definition) is 3. The molecule has 11 aromatic carbocycles. The SMILES string of the molecule is c1ccc(-c2ccc(-c3nc(-c4ccccc4)nc(-c4ccc5c6ccccc6c6c7ccccc7cc7c6c5c4n7-c4ccc5c(c4)c4ccccc4n5-c4ccccc4)n3)cc2)cc1. The van der Waals surface area contributed by atoms with E-state index in [9.17, 15) is 0 Å². The van der Waals surface area contributed by atoms with Crippen LogP contribution in [0.5, 0.6) is 0 Å². The van der Waals surface area contributed by atoms with Crippen LogP contribution in [0.25, 0.3) is 133 Å². The lowest BCUT2D eigenvalue weighted by Crippen LogP contribution is -2.02. The monoisotopic (exact) mass is 839 g/mol. The topological polar surface area (TPSA) is 48.5 Å². The first-order chi connectivity index (χ1) is 32.7. The van der Waals surface area contributed by atoms with E-state index < -0.39 is 0 Å². The van der Waals surface area contributed by atoms with Gasteiger partial charge in [-0.1, -0.05) is 176 Å². The molecule has 0 unspecified atom stereocenters. The molecule has 0 aliphatic carbocycles. The van der Waals surface area contributed by atoms with Crippen LogP contribution in [-0.2, 0) is 0 Å². The van der Waals surface area contributed by atoms with Crippen LogP contribution in [0.3, 0.4) is 0 Å². The van der Waals surface area contributed by atoms with Gasteiger partial charge in [0, 0.05) is 55.0 Å². The summed E-state index contributed by atoms with van der Waals surface area (Å²) in [5.74, 6) is 1.87. The molecule has 14 aromatic rings. The molecular formula is C61H37N5. The molecule has 0 fully saturated rings. The quantitative estimate of drug-likeness (QED) is 0.157. The zero-order chi connectivity index (χ0) is 43.3. The minimum atomic E-state index is 0.619. The highest BCUT2D eigenvalue weighted by molar-refractivity contribution is 6.40. The molecule has 0 spiro atoms. The van der Waals surface area contributed by atoms with E-state index in [0.717, 1.165) is 50.2 Å². The zero-order valence-corrected chi connectivity index (χ0v) is 35.6. The Hall–Kier alpha value is -8.93. The molecule has 14 rings (SSSR count). The van der Waals surface area contributed by atoms with Crippen molar-refractivity contribution < 1.29 is 0 Å². The second kappa shape index (κ2) is 14.3. The maximum absolute atomic E-state index is 5.42. The van der Waals surface area contributed by atoms with Crippen molar-refractivity contribution in [2.45, 2.75) is 0 Å². The summed E-state index contributed by atoms with van der Waals surface area (Å²) in [6.07, 6.45) is 0. The highest BCUT2D eigenvalue weighted by Crippen LogP contribution is 2.49. The summed E-state index contributed by atoms with van der Waals surface area (Å²) in [5, 5.41) is 12.2. The van der Waals surface area contributed by atoms with Crippen LogP contribution in [0.2, 0.25) is 0 Å². The van der Waals surface area contributed by atoms with Crippen molar-refractivity contribution in [2.75, 3.05) is 0 Å². The Bertz CT molecular complexity index is 4190. The Morgan fingerprint density at radius 1 is 0.273 bits per heavy atom. The van der Waals surface area contributed by atoms with Gasteiger partial charge in [0.1, 0.15) is 0 Å². The van der Waals surface area contributed by atoms with Gasteiger partial charge in [-0.15, -0.1) is 0 Å². The van der Waals surface area contributed by atoms with Crippen molar-refractivity contribution in [3.05, 3.63) is 224 Å². The van der Waals surface area contributed by atoms with Gasteiger partial charge in [-0.25, -0.2) is 15.0 Å². The van der Waals surface area contributed by atoms with Crippen molar-refractivity contribution in [1.82, 2.24) is 24.1 Å². The number of benzene rings is 11. The van der Waals surface area contributed by atoms with Crippen LogP contribution in [0.1, 0.15) is 0 Å². The first-order valence-electron chi connectivity index (χ1n) is 22.4. The first kappa shape index (κ1) is 36.5. The summed E-state index contributed by atoms with van der Waals surface area (Å²) in [6.45, 7) is 0. The van der Waals surface area contributed by atoms with Crippen molar-refractivity contribution in [1.29, 1.82) is 0 Å². The maximum Gasteiger partial charge on any atom is 0.166 e. The number of para-hydroxylation sites is 2. The molecule has 0 aliphatic rings. The van der Waals surface area contributed by atoms with Crippen molar-refractivity contribution in [3.8, 4) is 56.7 Å². The fourth-order valence-electron chi connectivity index (χ4n) is 10.6. The van der Waals surface area contributed by atoms with Gasteiger partial charge in [0.15, 0.2) is 17.5 Å². The average molecular weight is 840 g/mol. The lowest BCUT2D eigenvalue weighted by Gasteiger charge is -2.14. The minimum absolute atomic E-state index is 0.619. The third kappa shape index (κ3) is 5.44. The predicted molar refractivity (Wildman–Crippen MR) is 274 cm³/mol. The Morgan fingerprint density at radius 3 is 1.58 bits per heavy atom. The Kier molecular flexibility index (Phi) is 7.91. The Labute approximate surface area is 379 Å². The Balaban J connectivity index is 1.11. The van der Waals surface area contributed by atoms with E-state index in [1.807, 2.05) is 24.3 Å². The fourth-order valence-corrected chi connectivity index (χ4v) is 10.6. The molecule has 0 radical (unpaired) electrons. The second-order valence-electron chi connectivity index (χ2n) is 17.1. The number of fused-ring (bicyclic) bond motifs is 8. The zero-order valence-electron chi connectivity index (χ0n) is 35.6. The molecule has 0 N–H and O–H groups in total. The van der Waals surface area contributed by atoms with Crippen LogP contribution in [-0.4, -0.2) is 24.1 Å². The molecule has 0 saturated carbocycles. The fraction of sp³-hybridized carbons (Fsp3) is 0. The van der Waals surface area contributed by atoms with Gasteiger partial charge in [0.2, 0.25) is 0 Å². The first-order valence-corrected chi connectivity index (χ1v) is 22.4. The maximum atomic E-state index is 5.42. The van der Waals surface area contributed by atoms with E-state index in [-0.39, 0.29) is 0 Å². The minimum Gasteiger partial charge on any atom is -0.309 e. The Morgan fingerprint density at radius 2 is 0.818 bits per heavy atom. The molecule has 0 aliphatic heterocycles. The van der Waals surface area contributed by atoms with Gasteiger partial charge in [0.05, 0.1) is 22.1 Å². The van der Waals surface area contributed by atoms with Gasteiger partial charge in [-0.3, -0.25) is 0 Å². The summed E-state index contributed by atoms with van der Waals surface area (Å²) in [7, 11) is 0. The third-order valence-electron chi connectivity index (χ3n) is 13.5. The lowest BCUT2D eigenvalue weighted by atomic mass is 9.90. The normalized spacial score (nSPS) is 11.9. The summed E-state index contributed by atoms with van der Waals surface area (Å²) in [6, 6.07) is 80.3. The summed E-state index contributed by atoms with van der Waals surface area (Å²) in [4.78, 5) is 16.0. The highest BCUT2D eigenvalue weighted by Gasteiger charge is 2.26.